The lowest BCUT2D eigenvalue weighted by molar-refractivity contribution is -0.145. The van der Waals surface area contributed by atoms with Crippen LogP contribution >= 0.6 is 0 Å². The van der Waals surface area contributed by atoms with Gasteiger partial charge in [-0.15, -0.1) is 0 Å². The number of hydrogen-bond acceptors (Lipinski definition) is 3. The largest absolute Gasteiger partial charge is 0.494 e. The van der Waals surface area contributed by atoms with Crippen LogP contribution in [0.2, 0.25) is 0 Å². The predicted octanol–water partition coefficient (Wildman–Crippen LogP) is 2.33. The quantitative estimate of drug-likeness (QED) is 0.805. The molecule has 0 radical (unpaired) electrons. The number of ether oxygens (including phenoxy) is 2. The van der Waals surface area contributed by atoms with Gasteiger partial charge in [0.05, 0.1) is 6.61 Å². The maximum absolute atomic E-state index is 10.8. The van der Waals surface area contributed by atoms with Gasteiger partial charge in [-0.3, -0.25) is 0 Å². The van der Waals surface area contributed by atoms with E-state index in [9.17, 15) is 4.79 Å². The Labute approximate surface area is 94.8 Å². The Bertz CT molecular complexity index is 331. The SMILES string of the molecule is CCOc1ccc(O[C@H](CC)C(=O)O)cc1. The molecule has 4 heteroatoms. The highest BCUT2D eigenvalue weighted by Crippen LogP contribution is 2.19. The number of aliphatic carboxylic acids is 1. The number of carbonyl (C=O) groups is 1. The molecule has 0 heterocycles. The summed E-state index contributed by atoms with van der Waals surface area (Å²) in [5.41, 5.74) is 0. The molecule has 1 atom stereocenters. The third kappa shape index (κ3) is 3.46. The fourth-order valence-electron chi connectivity index (χ4n) is 1.25. The van der Waals surface area contributed by atoms with Gasteiger partial charge in [-0.1, -0.05) is 6.92 Å². The molecule has 0 aliphatic carbocycles. The Morgan fingerprint density at radius 2 is 1.81 bits per heavy atom. The lowest BCUT2D eigenvalue weighted by Crippen LogP contribution is -2.25. The average Bonchev–Trinajstić information content (AvgIpc) is 2.28. The summed E-state index contributed by atoms with van der Waals surface area (Å²) in [5, 5.41) is 8.82. The van der Waals surface area contributed by atoms with Gasteiger partial charge in [-0.25, -0.2) is 4.79 Å². The molecule has 0 aromatic heterocycles. The van der Waals surface area contributed by atoms with E-state index < -0.39 is 12.1 Å². The predicted molar refractivity (Wildman–Crippen MR) is 60.0 cm³/mol. The van der Waals surface area contributed by atoms with Crippen LogP contribution in [0.1, 0.15) is 20.3 Å². The summed E-state index contributed by atoms with van der Waals surface area (Å²) < 4.78 is 10.6. The number of hydrogen-bond donors (Lipinski definition) is 1. The Kier molecular flexibility index (Phi) is 4.64. The van der Waals surface area contributed by atoms with Gasteiger partial charge in [0.25, 0.3) is 0 Å². The maximum atomic E-state index is 10.8. The van der Waals surface area contributed by atoms with Gasteiger partial charge >= 0.3 is 5.97 Å². The highest BCUT2D eigenvalue weighted by Gasteiger charge is 2.16. The van der Waals surface area contributed by atoms with Crippen molar-refractivity contribution >= 4 is 5.97 Å². The number of carboxylic acids is 1. The second-order valence-electron chi connectivity index (χ2n) is 3.26. The van der Waals surface area contributed by atoms with Crippen molar-refractivity contribution < 1.29 is 19.4 Å². The molecule has 0 aliphatic heterocycles. The minimum absolute atomic E-state index is 0.433. The zero-order valence-electron chi connectivity index (χ0n) is 9.47. The molecule has 0 saturated carbocycles. The van der Waals surface area contributed by atoms with Crippen molar-refractivity contribution in [2.45, 2.75) is 26.4 Å². The Hall–Kier alpha value is -1.71. The third-order valence-corrected chi connectivity index (χ3v) is 2.06. The molecule has 1 aromatic rings. The summed E-state index contributed by atoms with van der Waals surface area (Å²) in [6, 6.07) is 6.92. The van der Waals surface area contributed by atoms with Crippen molar-refractivity contribution in [2.75, 3.05) is 6.61 Å². The fourth-order valence-corrected chi connectivity index (χ4v) is 1.25. The molecule has 0 amide bonds. The first-order chi connectivity index (χ1) is 7.67. The summed E-state index contributed by atoms with van der Waals surface area (Å²) in [6.45, 7) is 4.28. The van der Waals surface area contributed by atoms with Crippen LogP contribution in [-0.4, -0.2) is 23.8 Å². The molecule has 1 aromatic carbocycles. The molecule has 0 aliphatic rings. The lowest BCUT2D eigenvalue weighted by atomic mass is 10.2. The summed E-state index contributed by atoms with van der Waals surface area (Å²) >= 11 is 0. The van der Waals surface area contributed by atoms with E-state index >= 15 is 0 Å². The Morgan fingerprint density at radius 3 is 2.25 bits per heavy atom. The average molecular weight is 224 g/mol. The molecule has 0 spiro atoms. The van der Waals surface area contributed by atoms with Crippen molar-refractivity contribution in [2.24, 2.45) is 0 Å². The van der Waals surface area contributed by atoms with E-state index in [1.165, 1.54) is 0 Å². The lowest BCUT2D eigenvalue weighted by Gasteiger charge is -2.13. The van der Waals surface area contributed by atoms with Crippen molar-refractivity contribution in [3.05, 3.63) is 24.3 Å². The van der Waals surface area contributed by atoms with Gasteiger partial charge in [-0.05, 0) is 37.6 Å². The standard InChI is InChI=1S/C12H16O4/c1-3-11(12(13)14)16-10-7-5-9(6-8-10)15-4-2/h5-8,11H,3-4H2,1-2H3,(H,13,14)/t11-/m1/s1. The molecular weight excluding hydrogens is 208 g/mol. The molecule has 0 fully saturated rings. The number of benzene rings is 1. The summed E-state index contributed by atoms with van der Waals surface area (Å²) in [7, 11) is 0. The maximum Gasteiger partial charge on any atom is 0.344 e. The topological polar surface area (TPSA) is 55.8 Å². The van der Waals surface area contributed by atoms with Crippen LogP contribution in [0.3, 0.4) is 0 Å². The molecule has 1 N–H and O–H groups in total. The van der Waals surface area contributed by atoms with E-state index in [-0.39, 0.29) is 0 Å². The van der Waals surface area contributed by atoms with Crippen molar-refractivity contribution in [1.29, 1.82) is 0 Å². The third-order valence-electron chi connectivity index (χ3n) is 2.06. The van der Waals surface area contributed by atoms with Crippen LogP contribution in [0.4, 0.5) is 0 Å². The van der Waals surface area contributed by atoms with Gasteiger partial charge < -0.3 is 14.6 Å². The van der Waals surface area contributed by atoms with E-state index in [1.54, 1.807) is 31.2 Å². The zero-order valence-corrected chi connectivity index (χ0v) is 9.47. The second-order valence-corrected chi connectivity index (χ2v) is 3.26. The molecule has 16 heavy (non-hydrogen) atoms. The smallest absolute Gasteiger partial charge is 0.344 e. The molecular formula is C12H16O4. The number of rotatable bonds is 6. The molecule has 4 nitrogen and oxygen atoms in total. The number of carboxylic acid groups (broad SMARTS) is 1. The van der Waals surface area contributed by atoms with Crippen LogP contribution in [0.15, 0.2) is 24.3 Å². The molecule has 88 valence electrons. The molecule has 0 unspecified atom stereocenters. The van der Waals surface area contributed by atoms with Gasteiger partial charge in [0.15, 0.2) is 6.10 Å². The van der Waals surface area contributed by atoms with Crippen LogP contribution in [0.25, 0.3) is 0 Å². The van der Waals surface area contributed by atoms with Crippen LogP contribution in [0.5, 0.6) is 11.5 Å². The minimum Gasteiger partial charge on any atom is -0.494 e. The van der Waals surface area contributed by atoms with Crippen molar-refractivity contribution in [3.63, 3.8) is 0 Å². The molecule has 0 saturated heterocycles. The van der Waals surface area contributed by atoms with E-state index in [1.807, 2.05) is 6.92 Å². The molecule has 0 bridgehead atoms. The monoisotopic (exact) mass is 224 g/mol. The van der Waals surface area contributed by atoms with E-state index in [2.05, 4.69) is 0 Å². The van der Waals surface area contributed by atoms with E-state index in [0.29, 0.717) is 18.8 Å². The van der Waals surface area contributed by atoms with Gasteiger partial charge in [-0.2, -0.15) is 0 Å². The first-order valence-electron chi connectivity index (χ1n) is 5.29. The fraction of sp³-hybridized carbons (Fsp3) is 0.417. The first-order valence-corrected chi connectivity index (χ1v) is 5.29. The van der Waals surface area contributed by atoms with Crippen LogP contribution < -0.4 is 9.47 Å². The van der Waals surface area contributed by atoms with E-state index in [4.69, 9.17) is 14.6 Å². The first kappa shape index (κ1) is 12.4. The summed E-state index contributed by atoms with van der Waals surface area (Å²) in [4.78, 5) is 10.8. The minimum atomic E-state index is -0.948. The highest BCUT2D eigenvalue weighted by molar-refractivity contribution is 5.72. The van der Waals surface area contributed by atoms with Gasteiger partial charge in [0, 0.05) is 0 Å². The Balaban J connectivity index is 2.63. The second kappa shape index (κ2) is 6.00. The molecule has 1 rings (SSSR count). The van der Waals surface area contributed by atoms with Gasteiger partial charge in [0.2, 0.25) is 0 Å². The highest BCUT2D eigenvalue weighted by atomic mass is 16.5. The van der Waals surface area contributed by atoms with Crippen molar-refractivity contribution in [3.8, 4) is 11.5 Å². The summed E-state index contributed by atoms with van der Waals surface area (Å²) in [6.07, 6.45) is -0.360. The van der Waals surface area contributed by atoms with Crippen molar-refractivity contribution in [1.82, 2.24) is 0 Å². The Morgan fingerprint density at radius 1 is 1.25 bits per heavy atom. The normalized spacial score (nSPS) is 11.9. The van der Waals surface area contributed by atoms with Gasteiger partial charge in [0.1, 0.15) is 11.5 Å². The zero-order chi connectivity index (χ0) is 12.0. The van der Waals surface area contributed by atoms with E-state index in [0.717, 1.165) is 5.75 Å². The van der Waals surface area contributed by atoms with Crippen LogP contribution in [0, 0.1) is 0 Å². The summed E-state index contributed by atoms with van der Waals surface area (Å²) in [5.74, 6) is 0.340. The van der Waals surface area contributed by atoms with Crippen LogP contribution in [-0.2, 0) is 4.79 Å².